The Morgan fingerprint density at radius 3 is 2.38 bits per heavy atom. The van der Waals surface area contributed by atoms with Crippen LogP contribution in [0.4, 0.5) is 0 Å². The van der Waals surface area contributed by atoms with Crippen LogP contribution >= 0.6 is 0 Å². The smallest absolute Gasteiger partial charge is 0.202 e. The Kier molecular flexibility index (Phi) is 2.90. The minimum atomic E-state index is -0.695. The van der Waals surface area contributed by atoms with E-state index in [1.54, 1.807) is 0 Å². The minimum absolute atomic E-state index is 0.217. The van der Waals surface area contributed by atoms with E-state index in [0.29, 0.717) is 0 Å². The standard InChI is InChI=1S/C6H8O2/c1-5(7)3-4-6(2)8/h5,7H,1-2H3. The van der Waals surface area contributed by atoms with E-state index in [4.69, 9.17) is 5.11 Å². The van der Waals surface area contributed by atoms with E-state index >= 15 is 0 Å². The van der Waals surface area contributed by atoms with Crippen LogP contribution < -0.4 is 0 Å². The van der Waals surface area contributed by atoms with Crippen molar-refractivity contribution in [2.75, 3.05) is 0 Å². The van der Waals surface area contributed by atoms with Crippen molar-refractivity contribution in [3.8, 4) is 11.8 Å². The van der Waals surface area contributed by atoms with Gasteiger partial charge in [-0.1, -0.05) is 5.92 Å². The predicted octanol–water partition coefficient (Wildman–Crippen LogP) is -0.0404. The second-order valence-corrected chi connectivity index (χ2v) is 1.50. The molecule has 0 aliphatic rings. The van der Waals surface area contributed by atoms with E-state index in [0.717, 1.165) is 0 Å². The van der Waals surface area contributed by atoms with Crippen molar-refractivity contribution >= 4 is 5.78 Å². The molecule has 0 aromatic heterocycles. The van der Waals surface area contributed by atoms with Crippen molar-refractivity contribution in [1.82, 2.24) is 0 Å². The molecule has 0 radical (unpaired) electrons. The van der Waals surface area contributed by atoms with Gasteiger partial charge in [0.15, 0.2) is 0 Å². The fraction of sp³-hybridized carbons (Fsp3) is 0.500. The van der Waals surface area contributed by atoms with E-state index in [1.165, 1.54) is 13.8 Å². The van der Waals surface area contributed by atoms with E-state index in [9.17, 15) is 4.79 Å². The molecule has 0 amide bonds. The largest absolute Gasteiger partial charge is 0.381 e. The van der Waals surface area contributed by atoms with Crippen LogP contribution in [0.15, 0.2) is 0 Å². The summed E-state index contributed by atoms with van der Waals surface area (Å²) >= 11 is 0. The summed E-state index contributed by atoms with van der Waals surface area (Å²) in [5, 5.41) is 8.48. The molecule has 0 rings (SSSR count). The number of ketones is 1. The molecule has 2 nitrogen and oxygen atoms in total. The highest BCUT2D eigenvalue weighted by atomic mass is 16.3. The van der Waals surface area contributed by atoms with Crippen LogP contribution in [0.5, 0.6) is 0 Å². The first-order valence-corrected chi connectivity index (χ1v) is 2.33. The Morgan fingerprint density at radius 1 is 1.75 bits per heavy atom. The lowest BCUT2D eigenvalue weighted by Gasteiger charge is -1.83. The summed E-state index contributed by atoms with van der Waals surface area (Å²) in [7, 11) is 0. The number of aliphatic hydroxyl groups is 1. The Morgan fingerprint density at radius 2 is 2.25 bits per heavy atom. The van der Waals surface area contributed by atoms with Crippen molar-refractivity contribution in [2.45, 2.75) is 20.0 Å². The van der Waals surface area contributed by atoms with Gasteiger partial charge in [-0.2, -0.15) is 0 Å². The zero-order valence-electron chi connectivity index (χ0n) is 4.93. The molecule has 0 aromatic rings. The van der Waals surface area contributed by atoms with Crippen molar-refractivity contribution in [3.05, 3.63) is 0 Å². The highest BCUT2D eigenvalue weighted by Gasteiger charge is 1.83. The van der Waals surface area contributed by atoms with E-state index in [-0.39, 0.29) is 5.78 Å². The fourth-order valence-corrected chi connectivity index (χ4v) is 0.206. The normalized spacial score (nSPS) is 11.4. The molecule has 0 aliphatic carbocycles. The van der Waals surface area contributed by atoms with Gasteiger partial charge >= 0.3 is 0 Å². The molecule has 2 heteroatoms. The highest BCUT2D eigenvalue weighted by Crippen LogP contribution is 1.71. The number of carbonyl (C=O) groups excluding carboxylic acids is 1. The van der Waals surface area contributed by atoms with E-state index in [1.807, 2.05) is 0 Å². The summed E-state index contributed by atoms with van der Waals surface area (Å²) in [6, 6.07) is 0. The Bertz CT molecular complexity index is 136. The zero-order chi connectivity index (χ0) is 6.57. The lowest BCUT2D eigenvalue weighted by atomic mass is 10.4. The molecule has 0 saturated heterocycles. The fourth-order valence-electron chi connectivity index (χ4n) is 0.206. The van der Waals surface area contributed by atoms with E-state index < -0.39 is 6.10 Å². The van der Waals surface area contributed by atoms with Crippen LogP contribution in [0.3, 0.4) is 0 Å². The molecule has 0 bridgehead atoms. The molecule has 1 atom stereocenters. The van der Waals surface area contributed by atoms with Crippen LogP contribution in [0.2, 0.25) is 0 Å². The number of hydrogen-bond donors (Lipinski definition) is 1. The molecule has 0 heterocycles. The van der Waals surface area contributed by atoms with Gasteiger partial charge in [0.2, 0.25) is 5.78 Å². The molecule has 0 aromatic carbocycles. The summed E-state index contributed by atoms with van der Waals surface area (Å²) < 4.78 is 0. The maximum atomic E-state index is 10.1. The summed E-state index contributed by atoms with van der Waals surface area (Å²) in [5.74, 6) is 4.29. The van der Waals surface area contributed by atoms with Gasteiger partial charge in [0.05, 0.1) is 0 Å². The average molecular weight is 112 g/mol. The molecule has 0 spiro atoms. The zero-order valence-corrected chi connectivity index (χ0v) is 4.93. The van der Waals surface area contributed by atoms with Crippen molar-refractivity contribution in [1.29, 1.82) is 0 Å². The molecular weight excluding hydrogens is 104 g/mol. The number of Topliss-reactive ketones (excluding diaryl/α,β-unsaturated/α-hetero) is 1. The monoisotopic (exact) mass is 112 g/mol. The molecular formula is C6H8O2. The quantitative estimate of drug-likeness (QED) is 0.352. The molecule has 44 valence electrons. The predicted molar refractivity (Wildman–Crippen MR) is 30.1 cm³/mol. The van der Waals surface area contributed by atoms with Crippen molar-refractivity contribution in [3.63, 3.8) is 0 Å². The molecule has 0 aliphatic heterocycles. The van der Waals surface area contributed by atoms with Gasteiger partial charge in [0, 0.05) is 6.92 Å². The maximum absolute atomic E-state index is 10.1. The number of aliphatic hydroxyl groups excluding tert-OH is 1. The average Bonchev–Trinajstić information content (AvgIpc) is 1.61. The third-order valence-corrected chi connectivity index (χ3v) is 0.457. The Hall–Kier alpha value is -0.810. The summed E-state index contributed by atoms with van der Waals surface area (Å²) in [6.45, 7) is 2.87. The first-order valence-electron chi connectivity index (χ1n) is 2.33. The summed E-state index contributed by atoms with van der Waals surface area (Å²) in [6.07, 6.45) is -0.695. The van der Waals surface area contributed by atoms with Crippen LogP contribution in [0, 0.1) is 11.8 Å². The first kappa shape index (κ1) is 7.19. The van der Waals surface area contributed by atoms with Gasteiger partial charge in [-0.15, -0.1) is 0 Å². The number of carbonyl (C=O) groups is 1. The van der Waals surface area contributed by atoms with Crippen LogP contribution in [-0.2, 0) is 4.79 Å². The Labute approximate surface area is 48.5 Å². The lowest BCUT2D eigenvalue weighted by molar-refractivity contribution is -0.111. The van der Waals surface area contributed by atoms with Gasteiger partial charge < -0.3 is 5.11 Å². The van der Waals surface area contributed by atoms with Gasteiger partial charge in [0.25, 0.3) is 0 Å². The topological polar surface area (TPSA) is 37.3 Å². The SMILES string of the molecule is CC(=O)C#CC(C)O. The Balaban J connectivity index is 3.68. The minimum Gasteiger partial charge on any atom is -0.381 e. The van der Waals surface area contributed by atoms with Gasteiger partial charge in [0.1, 0.15) is 6.10 Å². The molecule has 1 N–H and O–H groups in total. The third kappa shape index (κ3) is 5.19. The summed E-state index contributed by atoms with van der Waals surface area (Å²) in [4.78, 5) is 10.1. The second-order valence-electron chi connectivity index (χ2n) is 1.50. The van der Waals surface area contributed by atoms with Crippen LogP contribution in [0.1, 0.15) is 13.8 Å². The highest BCUT2D eigenvalue weighted by molar-refractivity contribution is 5.93. The van der Waals surface area contributed by atoms with Crippen molar-refractivity contribution in [2.24, 2.45) is 0 Å². The first-order chi connectivity index (χ1) is 3.63. The molecule has 8 heavy (non-hydrogen) atoms. The molecule has 0 fully saturated rings. The van der Waals surface area contributed by atoms with E-state index in [2.05, 4.69) is 11.8 Å². The lowest BCUT2D eigenvalue weighted by Crippen LogP contribution is -1.94. The second kappa shape index (κ2) is 3.23. The maximum Gasteiger partial charge on any atom is 0.202 e. The van der Waals surface area contributed by atoms with Gasteiger partial charge in [-0.25, -0.2) is 0 Å². The van der Waals surface area contributed by atoms with Crippen LogP contribution in [0.25, 0.3) is 0 Å². The number of rotatable bonds is 0. The van der Waals surface area contributed by atoms with Gasteiger partial charge in [-0.05, 0) is 12.8 Å². The van der Waals surface area contributed by atoms with Crippen LogP contribution in [-0.4, -0.2) is 17.0 Å². The molecule has 0 saturated carbocycles. The summed E-state index contributed by atoms with van der Waals surface area (Å²) in [5.41, 5.74) is 0. The molecule has 1 unspecified atom stereocenters. The number of hydrogen-bond acceptors (Lipinski definition) is 2. The van der Waals surface area contributed by atoms with Crippen molar-refractivity contribution < 1.29 is 9.90 Å². The van der Waals surface area contributed by atoms with Gasteiger partial charge in [-0.3, -0.25) is 4.79 Å². The third-order valence-electron chi connectivity index (χ3n) is 0.457.